The molecular formula is C18H27BClNO2. The lowest BCUT2D eigenvalue weighted by molar-refractivity contribution is -0.199. The number of benzene rings is 1. The van der Waals surface area contributed by atoms with Crippen LogP contribution in [0.15, 0.2) is 30.3 Å². The van der Waals surface area contributed by atoms with Crippen molar-refractivity contribution in [3.63, 3.8) is 0 Å². The van der Waals surface area contributed by atoms with Crippen molar-refractivity contribution in [3.8, 4) is 0 Å². The predicted molar refractivity (Wildman–Crippen MR) is 95.5 cm³/mol. The molecule has 0 amide bonds. The van der Waals surface area contributed by atoms with Gasteiger partial charge in [-0.05, 0) is 49.0 Å². The Bertz CT molecular complexity index is 569. The molecule has 4 fully saturated rings. The molecule has 5 atom stereocenters. The van der Waals surface area contributed by atoms with Gasteiger partial charge in [-0.3, -0.25) is 0 Å². The lowest BCUT2D eigenvalue weighted by Gasteiger charge is -2.64. The highest BCUT2D eigenvalue weighted by Gasteiger charge is 2.68. The molecule has 1 aliphatic heterocycles. The Morgan fingerprint density at radius 3 is 2.57 bits per heavy atom. The largest absolute Gasteiger partial charge is 0.475 e. The first-order valence-corrected chi connectivity index (χ1v) is 8.54. The third-order valence-electron chi connectivity index (χ3n) is 6.63. The quantitative estimate of drug-likeness (QED) is 0.862. The van der Waals surface area contributed by atoms with E-state index < -0.39 is 0 Å². The summed E-state index contributed by atoms with van der Waals surface area (Å²) in [6, 6.07) is 10.4. The van der Waals surface area contributed by atoms with Gasteiger partial charge in [-0.2, -0.15) is 0 Å². The number of halogens is 1. The molecule has 0 unspecified atom stereocenters. The van der Waals surface area contributed by atoms with E-state index in [0.717, 1.165) is 18.8 Å². The molecule has 2 bridgehead atoms. The van der Waals surface area contributed by atoms with E-state index in [1.54, 1.807) is 0 Å². The summed E-state index contributed by atoms with van der Waals surface area (Å²) in [5, 5.41) is 0. The smallest absolute Gasteiger partial charge is 0.404 e. The van der Waals surface area contributed by atoms with Crippen LogP contribution in [0, 0.1) is 17.3 Å². The number of nitrogens with two attached hydrogens (primary N) is 1. The first-order chi connectivity index (χ1) is 10.4. The first-order valence-electron chi connectivity index (χ1n) is 8.54. The van der Waals surface area contributed by atoms with Crippen molar-refractivity contribution < 1.29 is 9.31 Å². The van der Waals surface area contributed by atoms with Crippen LogP contribution in [0.5, 0.6) is 0 Å². The number of hydrogen-bond acceptors (Lipinski definition) is 3. The second-order valence-corrected chi connectivity index (χ2v) is 8.19. The molecule has 1 saturated heterocycles. The molecule has 3 saturated carbocycles. The maximum atomic E-state index is 6.43. The van der Waals surface area contributed by atoms with Crippen molar-refractivity contribution in [1.82, 2.24) is 0 Å². The Kier molecular flexibility index (Phi) is 4.33. The maximum absolute atomic E-state index is 6.43. The van der Waals surface area contributed by atoms with Gasteiger partial charge in [0.05, 0.1) is 11.7 Å². The van der Waals surface area contributed by atoms with E-state index >= 15 is 0 Å². The topological polar surface area (TPSA) is 44.5 Å². The van der Waals surface area contributed by atoms with Gasteiger partial charge in [0, 0.05) is 5.94 Å². The molecule has 0 radical (unpaired) electrons. The van der Waals surface area contributed by atoms with Gasteiger partial charge in [-0.25, -0.2) is 0 Å². The molecule has 2 N–H and O–H groups in total. The van der Waals surface area contributed by atoms with E-state index in [9.17, 15) is 0 Å². The van der Waals surface area contributed by atoms with E-state index in [1.807, 2.05) is 6.07 Å². The van der Waals surface area contributed by atoms with Crippen LogP contribution < -0.4 is 5.73 Å². The van der Waals surface area contributed by atoms with Crippen molar-refractivity contribution in [3.05, 3.63) is 35.9 Å². The zero-order valence-electron chi connectivity index (χ0n) is 14.2. The van der Waals surface area contributed by atoms with Gasteiger partial charge in [-0.1, -0.05) is 44.2 Å². The van der Waals surface area contributed by atoms with Crippen molar-refractivity contribution in [2.45, 2.75) is 57.7 Å². The molecule has 1 aromatic rings. The molecule has 23 heavy (non-hydrogen) atoms. The summed E-state index contributed by atoms with van der Waals surface area (Å²) >= 11 is 0. The fourth-order valence-corrected chi connectivity index (χ4v) is 5.06. The average molecular weight is 336 g/mol. The van der Waals surface area contributed by atoms with Crippen LogP contribution in [0.4, 0.5) is 0 Å². The molecule has 1 heterocycles. The fraction of sp³-hybridized carbons (Fsp3) is 0.667. The third-order valence-corrected chi connectivity index (χ3v) is 6.63. The lowest BCUT2D eigenvalue weighted by atomic mass is 9.43. The minimum atomic E-state index is -0.273. The highest BCUT2D eigenvalue weighted by molar-refractivity contribution is 6.47. The summed E-state index contributed by atoms with van der Waals surface area (Å²) < 4.78 is 12.7. The van der Waals surface area contributed by atoms with Crippen LogP contribution in [0.25, 0.3) is 0 Å². The van der Waals surface area contributed by atoms with E-state index in [1.165, 1.54) is 12.0 Å². The predicted octanol–water partition coefficient (Wildman–Crippen LogP) is 3.25. The maximum Gasteiger partial charge on any atom is 0.475 e. The van der Waals surface area contributed by atoms with Crippen LogP contribution in [-0.4, -0.2) is 24.8 Å². The summed E-state index contributed by atoms with van der Waals surface area (Å²) in [6.07, 6.45) is 3.42. The highest BCUT2D eigenvalue weighted by atomic mass is 35.5. The summed E-state index contributed by atoms with van der Waals surface area (Å²) in [5.41, 5.74) is 7.87. The van der Waals surface area contributed by atoms with Gasteiger partial charge < -0.3 is 15.0 Å². The van der Waals surface area contributed by atoms with E-state index in [2.05, 4.69) is 45.0 Å². The average Bonchev–Trinajstić information content (AvgIpc) is 2.85. The summed E-state index contributed by atoms with van der Waals surface area (Å²) in [5.74, 6) is 1.27. The second kappa shape index (κ2) is 5.77. The molecule has 0 spiro atoms. The SMILES string of the molecule is CC1(C)[C@@H]2C[C@H]3OB([C@@H](N)Cc4ccccc4)O[C@@]3(C)[C@H]1C2.Cl. The van der Waals surface area contributed by atoms with Crippen LogP contribution in [-0.2, 0) is 15.7 Å². The molecule has 126 valence electrons. The van der Waals surface area contributed by atoms with Crippen molar-refractivity contribution >= 4 is 19.5 Å². The van der Waals surface area contributed by atoms with Crippen molar-refractivity contribution in [2.24, 2.45) is 23.0 Å². The van der Waals surface area contributed by atoms with Gasteiger partial charge in [0.25, 0.3) is 0 Å². The Hall–Kier alpha value is -0.545. The number of rotatable bonds is 3. The zero-order valence-corrected chi connectivity index (χ0v) is 15.0. The minimum Gasteiger partial charge on any atom is -0.404 e. The molecule has 3 aliphatic carbocycles. The summed E-state index contributed by atoms with van der Waals surface area (Å²) in [4.78, 5) is 0. The minimum absolute atomic E-state index is 0. The van der Waals surface area contributed by atoms with Crippen LogP contribution in [0.1, 0.15) is 39.2 Å². The Balaban J connectivity index is 0.00000156. The molecule has 3 nitrogen and oxygen atoms in total. The molecule has 1 aromatic carbocycles. The van der Waals surface area contributed by atoms with Crippen LogP contribution in [0.3, 0.4) is 0 Å². The van der Waals surface area contributed by atoms with E-state index in [-0.39, 0.29) is 37.2 Å². The third kappa shape index (κ3) is 2.55. The molecule has 0 aromatic heterocycles. The van der Waals surface area contributed by atoms with Crippen molar-refractivity contribution in [1.29, 1.82) is 0 Å². The fourth-order valence-electron chi connectivity index (χ4n) is 5.06. The molecule has 4 aliphatic rings. The van der Waals surface area contributed by atoms with Gasteiger partial charge in [0.2, 0.25) is 0 Å². The molecule has 5 rings (SSSR count). The van der Waals surface area contributed by atoms with E-state index in [0.29, 0.717) is 11.3 Å². The number of hydrogen-bond donors (Lipinski definition) is 1. The summed E-state index contributed by atoms with van der Waals surface area (Å²) in [6.45, 7) is 7.01. The summed E-state index contributed by atoms with van der Waals surface area (Å²) in [7, 11) is -0.273. The van der Waals surface area contributed by atoms with Crippen LogP contribution >= 0.6 is 12.4 Å². The van der Waals surface area contributed by atoms with Gasteiger partial charge in [0.15, 0.2) is 0 Å². The monoisotopic (exact) mass is 335 g/mol. The van der Waals surface area contributed by atoms with Crippen molar-refractivity contribution in [2.75, 3.05) is 0 Å². The van der Waals surface area contributed by atoms with Gasteiger partial charge in [-0.15, -0.1) is 12.4 Å². The van der Waals surface area contributed by atoms with E-state index in [4.69, 9.17) is 15.0 Å². The Morgan fingerprint density at radius 2 is 1.91 bits per heavy atom. The second-order valence-electron chi connectivity index (χ2n) is 8.19. The highest BCUT2D eigenvalue weighted by Crippen LogP contribution is 2.65. The Morgan fingerprint density at radius 1 is 1.22 bits per heavy atom. The lowest BCUT2D eigenvalue weighted by Crippen LogP contribution is -2.65. The normalized spacial score (nSPS) is 38.3. The first kappa shape index (κ1) is 17.3. The molecule has 5 heteroatoms. The van der Waals surface area contributed by atoms with Crippen LogP contribution in [0.2, 0.25) is 0 Å². The standard InChI is InChI=1S/C18H26BNO2.ClH/c1-17(2)13-10-14(17)18(3)15(11-13)21-19(22-18)16(20)9-12-7-5-4-6-8-12;/h4-8,13-16H,9-11,20H2,1-3H3;1H/t13-,14-,15+,16-,18-;/m0./s1. The van der Waals surface area contributed by atoms with Gasteiger partial charge >= 0.3 is 7.12 Å². The Labute approximate surface area is 145 Å². The van der Waals surface area contributed by atoms with Gasteiger partial charge in [0.1, 0.15) is 0 Å². The molecular weight excluding hydrogens is 308 g/mol. The zero-order chi connectivity index (χ0) is 15.5.